The molecule has 0 atom stereocenters. The quantitative estimate of drug-likeness (QED) is 0.692. The molecule has 0 radical (unpaired) electrons. The van der Waals surface area contributed by atoms with Crippen LogP contribution >= 0.6 is 0 Å². The largest absolute Gasteiger partial charge is 0.399 e. The molecule has 2 heteroatoms. The number of rotatable bonds is 1. The summed E-state index contributed by atoms with van der Waals surface area (Å²) in [6.07, 6.45) is 0. The fraction of sp³-hybridized carbons (Fsp3) is 0.0769. The SMILES string of the molecule is Cc1cccc(N)c1-c1ccc(N)cc1. The molecular formula is C13H14N2. The fourth-order valence-corrected chi connectivity index (χ4v) is 1.73. The van der Waals surface area contributed by atoms with E-state index in [1.807, 2.05) is 36.4 Å². The van der Waals surface area contributed by atoms with Crippen LogP contribution in [0.15, 0.2) is 42.5 Å². The molecule has 0 fully saturated rings. The lowest BCUT2D eigenvalue weighted by Gasteiger charge is -2.09. The zero-order chi connectivity index (χ0) is 10.8. The van der Waals surface area contributed by atoms with Gasteiger partial charge in [-0.2, -0.15) is 0 Å². The summed E-state index contributed by atoms with van der Waals surface area (Å²) in [5, 5.41) is 0. The van der Waals surface area contributed by atoms with Crippen LogP contribution < -0.4 is 11.5 Å². The van der Waals surface area contributed by atoms with Gasteiger partial charge in [0, 0.05) is 16.9 Å². The lowest BCUT2D eigenvalue weighted by molar-refractivity contribution is 1.46. The van der Waals surface area contributed by atoms with Crippen molar-refractivity contribution in [1.82, 2.24) is 0 Å². The van der Waals surface area contributed by atoms with E-state index >= 15 is 0 Å². The van der Waals surface area contributed by atoms with Crippen LogP contribution in [0.3, 0.4) is 0 Å². The Balaban J connectivity index is 2.58. The normalized spacial score (nSPS) is 10.2. The van der Waals surface area contributed by atoms with Crippen molar-refractivity contribution in [3.8, 4) is 11.1 Å². The smallest absolute Gasteiger partial charge is 0.0396 e. The van der Waals surface area contributed by atoms with Gasteiger partial charge in [-0.05, 0) is 36.2 Å². The van der Waals surface area contributed by atoms with Gasteiger partial charge < -0.3 is 11.5 Å². The number of benzene rings is 2. The molecule has 0 spiro atoms. The number of hydrogen-bond donors (Lipinski definition) is 2. The number of hydrogen-bond acceptors (Lipinski definition) is 2. The molecule has 0 heterocycles. The van der Waals surface area contributed by atoms with Crippen LogP contribution in [0.2, 0.25) is 0 Å². The molecule has 2 rings (SSSR count). The van der Waals surface area contributed by atoms with Crippen LogP contribution in [0.1, 0.15) is 5.56 Å². The third kappa shape index (κ3) is 1.79. The van der Waals surface area contributed by atoms with Crippen LogP contribution in [-0.4, -0.2) is 0 Å². The highest BCUT2D eigenvalue weighted by Crippen LogP contribution is 2.29. The Morgan fingerprint density at radius 3 is 2.13 bits per heavy atom. The third-order valence-electron chi connectivity index (χ3n) is 2.50. The Bertz CT molecular complexity index is 452. The van der Waals surface area contributed by atoms with Crippen LogP contribution in [-0.2, 0) is 0 Å². The van der Waals surface area contributed by atoms with E-state index in [1.54, 1.807) is 0 Å². The number of aryl methyl sites for hydroxylation is 1. The van der Waals surface area contributed by atoms with Gasteiger partial charge in [-0.25, -0.2) is 0 Å². The minimum atomic E-state index is 0.769. The molecule has 15 heavy (non-hydrogen) atoms. The highest BCUT2D eigenvalue weighted by Gasteiger charge is 2.04. The molecule has 4 N–H and O–H groups in total. The summed E-state index contributed by atoms with van der Waals surface area (Å²) < 4.78 is 0. The zero-order valence-electron chi connectivity index (χ0n) is 8.70. The molecule has 0 amide bonds. The van der Waals surface area contributed by atoms with Crippen molar-refractivity contribution in [2.24, 2.45) is 0 Å². The fourth-order valence-electron chi connectivity index (χ4n) is 1.73. The molecule has 2 aromatic rings. The van der Waals surface area contributed by atoms with Gasteiger partial charge in [-0.15, -0.1) is 0 Å². The maximum Gasteiger partial charge on any atom is 0.0396 e. The van der Waals surface area contributed by atoms with E-state index in [4.69, 9.17) is 11.5 Å². The maximum atomic E-state index is 5.96. The predicted molar refractivity (Wildman–Crippen MR) is 65.4 cm³/mol. The first-order valence-electron chi connectivity index (χ1n) is 4.89. The zero-order valence-corrected chi connectivity index (χ0v) is 8.70. The highest BCUT2D eigenvalue weighted by atomic mass is 14.6. The lowest BCUT2D eigenvalue weighted by Crippen LogP contribution is -1.93. The second-order valence-electron chi connectivity index (χ2n) is 3.66. The van der Waals surface area contributed by atoms with Crippen molar-refractivity contribution in [3.05, 3.63) is 48.0 Å². The van der Waals surface area contributed by atoms with Crippen molar-refractivity contribution in [3.63, 3.8) is 0 Å². The van der Waals surface area contributed by atoms with Crippen molar-refractivity contribution in [1.29, 1.82) is 0 Å². The first-order valence-corrected chi connectivity index (χ1v) is 4.89. The van der Waals surface area contributed by atoms with Crippen molar-refractivity contribution >= 4 is 11.4 Å². The number of nitrogens with two attached hydrogens (primary N) is 2. The molecule has 0 aliphatic heterocycles. The predicted octanol–water partition coefficient (Wildman–Crippen LogP) is 2.83. The molecular weight excluding hydrogens is 184 g/mol. The van der Waals surface area contributed by atoms with Crippen molar-refractivity contribution in [2.75, 3.05) is 11.5 Å². The summed E-state index contributed by atoms with van der Waals surface area (Å²) in [5.74, 6) is 0. The van der Waals surface area contributed by atoms with E-state index in [9.17, 15) is 0 Å². The van der Waals surface area contributed by atoms with Crippen LogP contribution in [0, 0.1) is 6.92 Å². The first kappa shape index (κ1) is 9.59. The molecule has 0 aliphatic rings. The Morgan fingerprint density at radius 2 is 1.53 bits per heavy atom. The summed E-state index contributed by atoms with van der Waals surface area (Å²) in [6.45, 7) is 2.06. The molecule has 2 aromatic carbocycles. The standard InChI is InChI=1S/C13H14N2/c1-9-3-2-4-12(15)13(9)10-5-7-11(14)8-6-10/h2-8H,14-15H2,1H3. The van der Waals surface area contributed by atoms with Crippen molar-refractivity contribution in [2.45, 2.75) is 6.92 Å². The van der Waals surface area contributed by atoms with E-state index in [1.165, 1.54) is 5.56 Å². The van der Waals surface area contributed by atoms with E-state index in [2.05, 4.69) is 13.0 Å². The van der Waals surface area contributed by atoms with Crippen molar-refractivity contribution < 1.29 is 0 Å². The van der Waals surface area contributed by atoms with Gasteiger partial charge in [0.2, 0.25) is 0 Å². The molecule has 0 aliphatic carbocycles. The number of anilines is 2. The molecule has 76 valence electrons. The van der Waals surface area contributed by atoms with Gasteiger partial charge in [-0.3, -0.25) is 0 Å². The average Bonchev–Trinajstić information content (AvgIpc) is 2.20. The van der Waals surface area contributed by atoms with Gasteiger partial charge in [0.1, 0.15) is 0 Å². The Morgan fingerprint density at radius 1 is 0.867 bits per heavy atom. The summed E-state index contributed by atoms with van der Waals surface area (Å²) in [5.41, 5.74) is 16.6. The Labute approximate surface area is 89.5 Å². The van der Waals surface area contributed by atoms with Crippen LogP contribution in [0.4, 0.5) is 11.4 Å². The highest BCUT2D eigenvalue weighted by molar-refractivity contribution is 5.79. The second kappa shape index (κ2) is 3.65. The summed E-state index contributed by atoms with van der Waals surface area (Å²) in [7, 11) is 0. The topological polar surface area (TPSA) is 52.0 Å². The summed E-state index contributed by atoms with van der Waals surface area (Å²) in [4.78, 5) is 0. The molecule has 0 saturated heterocycles. The van der Waals surface area contributed by atoms with Gasteiger partial charge >= 0.3 is 0 Å². The lowest BCUT2D eigenvalue weighted by atomic mass is 9.99. The molecule has 0 unspecified atom stereocenters. The average molecular weight is 198 g/mol. The Kier molecular flexibility index (Phi) is 2.34. The van der Waals surface area contributed by atoms with E-state index < -0.39 is 0 Å². The molecule has 0 saturated carbocycles. The monoisotopic (exact) mass is 198 g/mol. The van der Waals surface area contributed by atoms with Gasteiger partial charge in [-0.1, -0.05) is 24.3 Å². The van der Waals surface area contributed by atoms with E-state index in [0.717, 1.165) is 22.5 Å². The minimum absolute atomic E-state index is 0.769. The van der Waals surface area contributed by atoms with Crippen LogP contribution in [0.5, 0.6) is 0 Å². The van der Waals surface area contributed by atoms with Gasteiger partial charge in [0.15, 0.2) is 0 Å². The second-order valence-corrected chi connectivity index (χ2v) is 3.66. The Hall–Kier alpha value is -1.96. The summed E-state index contributed by atoms with van der Waals surface area (Å²) in [6, 6.07) is 13.7. The third-order valence-corrected chi connectivity index (χ3v) is 2.50. The van der Waals surface area contributed by atoms with Gasteiger partial charge in [0.25, 0.3) is 0 Å². The number of nitrogen functional groups attached to an aromatic ring is 2. The van der Waals surface area contributed by atoms with Gasteiger partial charge in [0.05, 0.1) is 0 Å². The van der Waals surface area contributed by atoms with Crippen LogP contribution in [0.25, 0.3) is 11.1 Å². The molecule has 0 aromatic heterocycles. The molecule has 2 nitrogen and oxygen atoms in total. The minimum Gasteiger partial charge on any atom is -0.399 e. The van der Waals surface area contributed by atoms with E-state index in [0.29, 0.717) is 0 Å². The molecule has 0 bridgehead atoms. The summed E-state index contributed by atoms with van der Waals surface area (Å²) >= 11 is 0. The van der Waals surface area contributed by atoms with E-state index in [-0.39, 0.29) is 0 Å². The first-order chi connectivity index (χ1) is 7.18. The maximum absolute atomic E-state index is 5.96.